The van der Waals surface area contributed by atoms with E-state index in [2.05, 4.69) is 20.2 Å². The van der Waals surface area contributed by atoms with Crippen molar-refractivity contribution in [2.24, 2.45) is 0 Å². The molecular formula is C17H21ClN4O2. The van der Waals surface area contributed by atoms with Gasteiger partial charge in [-0.2, -0.15) is 0 Å². The number of hydrogen-bond acceptors (Lipinski definition) is 6. The summed E-state index contributed by atoms with van der Waals surface area (Å²) in [6.07, 6.45) is 0. The van der Waals surface area contributed by atoms with Crippen molar-refractivity contribution in [2.75, 3.05) is 43.6 Å². The highest BCUT2D eigenvalue weighted by atomic mass is 35.5. The monoisotopic (exact) mass is 348 g/mol. The molecule has 2 heterocycles. The summed E-state index contributed by atoms with van der Waals surface area (Å²) in [5, 5.41) is 3.99. The van der Waals surface area contributed by atoms with Gasteiger partial charge in [0.15, 0.2) is 0 Å². The zero-order chi connectivity index (χ0) is 17.1. The molecular weight excluding hydrogens is 328 g/mol. The van der Waals surface area contributed by atoms with Crippen LogP contribution in [0.4, 0.5) is 17.3 Å². The molecule has 0 atom stereocenters. The van der Waals surface area contributed by atoms with E-state index in [1.807, 2.05) is 26.0 Å². The lowest BCUT2D eigenvalue weighted by molar-refractivity contribution is 0.122. The Morgan fingerprint density at radius 3 is 2.62 bits per heavy atom. The molecule has 0 unspecified atom stereocenters. The molecule has 0 aliphatic carbocycles. The van der Waals surface area contributed by atoms with Crippen LogP contribution in [0.5, 0.6) is 5.75 Å². The fraction of sp³-hybridized carbons (Fsp3) is 0.412. The van der Waals surface area contributed by atoms with Crippen LogP contribution in [0.15, 0.2) is 18.2 Å². The van der Waals surface area contributed by atoms with Gasteiger partial charge in [-0.1, -0.05) is 11.6 Å². The number of anilines is 3. The first-order chi connectivity index (χ1) is 11.6. The Labute approximate surface area is 146 Å². The second-order valence-electron chi connectivity index (χ2n) is 5.68. The highest BCUT2D eigenvalue weighted by Gasteiger charge is 2.15. The summed E-state index contributed by atoms with van der Waals surface area (Å²) in [5.74, 6) is 3.02. The van der Waals surface area contributed by atoms with E-state index in [1.54, 1.807) is 13.2 Å². The van der Waals surface area contributed by atoms with Crippen molar-refractivity contribution in [3.63, 3.8) is 0 Å². The van der Waals surface area contributed by atoms with Crippen LogP contribution < -0.4 is 15.0 Å². The summed E-state index contributed by atoms with van der Waals surface area (Å²) in [7, 11) is 1.62. The average molecular weight is 349 g/mol. The van der Waals surface area contributed by atoms with Crippen molar-refractivity contribution in [1.82, 2.24) is 9.97 Å². The number of nitrogens with zero attached hydrogens (tertiary/aromatic N) is 3. The minimum atomic E-state index is 0.672. The summed E-state index contributed by atoms with van der Waals surface area (Å²) < 4.78 is 10.8. The maximum Gasteiger partial charge on any atom is 0.143 e. The van der Waals surface area contributed by atoms with Crippen LogP contribution in [0, 0.1) is 13.8 Å². The summed E-state index contributed by atoms with van der Waals surface area (Å²) in [5.41, 5.74) is 1.80. The van der Waals surface area contributed by atoms with Crippen molar-refractivity contribution in [2.45, 2.75) is 13.8 Å². The topological polar surface area (TPSA) is 59.5 Å². The first-order valence-corrected chi connectivity index (χ1v) is 8.24. The second-order valence-corrected chi connectivity index (χ2v) is 6.09. The molecule has 0 amide bonds. The van der Waals surface area contributed by atoms with Crippen LogP contribution in [-0.4, -0.2) is 43.4 Å². The number of methoxy groups -OCH3 is 1. The summed E-state index contributed by atoms with van der Waals surface area (Å²) in [6.45, 7) is 6.95. The molecule has 128 valence electrons. The summed E-state index contributed by atoms with van der Waals surface area (Å²) >= 11 is 6.17. The Balaban J connectivity index is 1.90. The molecule has 6 nitrogen and oxygen atoms in total. The molecule has 1 aliphatic heterocycles. The van der Waals surface area contributed by atoms with Gasteiger partial charge in [0.25, 0.3) is 0 Å². The van der Waals surface area contributed by atoms with E-state index in [1.165, 1.54) is 0 Å². The zero-order valence-electron chi connectivity index (χ0n) is 14.1. The van der Waals surface area contributed by atoms with Gasteiger partial charge < -0.3 is 19.7 Å². The lowest BCUT2D eigenvalue weighted by Crippen LogP contribution is -2.36. The Bertz CT molecular complexity index is 733. The Morgan fingerprint density at radius 1 is 1.17 bits per heavy atom. The lowest BCUT2D eigenvalue weighted by atomic mass is 10.2. The molecule has 0 radical (unpaired) electrons. The quantitative estimate of drug-likeness (QED) is 0.914. The number of aryl methyl sites for hydroxylation is 2. The minimum Gasteiger partial charge on any atom is -0.495 e. The third-order valence-corrected chi connectivity index (χ3v) is 4.31. The van der Waals surface area contributed by atoms with Gasteiger partial charge in [0.1, 0.15) is 23.2 Å². The number of morpholine rings is 1. The van der Waals surface area contributed by atoms with Crippen LogP contribution in [0.2, 0.25) is 5.02 Å². The van der Waals surface area contributed by atoms with Crippen molar-refractivity contribution >= 4 is 28.9 Å². The van der Waals surface area contributed by atoms with E-state index in [-0.39, 0.29) is 0 Å². The summed E-state index contributed by atoms with van der Waals surface area (Å²) in [6, 6.07) is 5.70. The van der Waals surface area contributed by atoms with Crippen LogP contribution in [0.1, 0.15) is 11.4 Å². The molecule has 0 spiro atoms. The number of hydrogen-bond donors (Lipinski definition) is 1. The minimum absolute atomic E-state index is 0.672. The fourth-order valence-electron chi connectivity index (χ4n) is 2.64. The Hall–Kier alpha value is -2.05. The maximum absolute atomic E-state index is 6.17. The van der Waals surface area contributed by atoms with Gasteiger partial charge in [0.05, 0.1) is 26.0 Å². The highest BCUT2D eigenvalue weighted by Crippen LogP contribution is 2.33. The van der Waals surface area contributed by atoms with E-state index in [4.69, 9.17) is 21.1 Å². The van der Waals surface area contributed by atoms with E-state index >= 15 is 0 Å². The standard InChI is InChI=1S/C17H21ClN4O2/c1-11-8-14(15(23-3)9-13(11)18)21-16-10-17(20-12(2)19-16)22-4-6-24-7-5-22/h8-10H,4-7H2,1-3H3,(H,19,20,21). The van der Waals surface area contributed by atoms with Crippen molar-refractivity contribution < 1.29 is 9.47 Å². The number of benzene rings is 1. The largest absolute Gasteiger partial charge is 0.495 e. The molecule has 24 heavy (non-hydrogen) atoms. The number of ether oxygens (including phenoxy) is 2. The first-order valence-electron chi connectivity index (χ1n) is 7.86. The zero-order valence-corrected chi connectivity index (χ0v) is 14.9. The number of rotatable bonds is 4. The fourth-order valence-corrected chi connectivity index (χ4v) is 2.79. The van der Waals surface area contributed by atoms with Crippen LogP contribution in [0.3, 0.4) is 0 Å². The molecule has 1 saturated heterocycles. The molecule has 2 aromatic rings. The van der Waals surface area contributed by atoms with Crippen molar-refractivity contribution in [1.29, 1.82) is 0 Å². The average Bonchev–Trinajstić information content (AvgIpc) is 2.58. The van der Waals surface area contributed by atoms with Gasteiger partial charge in [-0.25, -0.2) is 9.97 Å². The molecule has 1 aliphatic rings. The third kappa shape index (κ3) is 3.71. The molecule has 7 heteroatoms. The predicted molar refractivity (Wildman–Crippen MR) is 95.8 cm³/mol. The van der Waals surface area contributed by atoms with E-state index < -0.39 is 0 Å². The molecule has 0 bridgehead atoms. The highest BCUT2D eigenvalue weighted by molar-refractivity contribution is 6.31. The third-order valence-electron chi connectivity index (χ3n) is 3.90. The van der Waals surface area contributed by atoms with Gasteiger partial charge >= 0.3 is 0 Å². The number of halogens is 1. The molecule has 1 N–H and O–H groups in total. The van der Waals surface area contributed by atoms with Crippen molar-refractivity contribution in [3.8, 4) is 5.75 Å². The molecule has 3 rings (SSSR count). The van der Waals surface area contributed by atoms with Gasteiger partial charge in [-0.05, 0) is 25.5 Å². The molecule has 1 aromatic heterocycles. The Kier molecular flexibility index (Phi) is 5.06. The van der Waals surface area contributed by atoms with Crippen molar-refractivity contribution in [3.05, 3.63) is 34.6 Å². The normalized spacial score (nSPS) is 14.6. The smallest absolute Gasteiger partial charge is 0.143 e. The molecule has 0 saturated carbocycles. The number of nitrogens with one attached hydrogen (secondary N) is 1. The second kappa shape index (κ2) is 7.23. The van der Waals surface area contributed by atoms with Gasteiger partial charge in [-0.15, -0.1) is 0 Å². The van der Waals surface area contributed by atoms with E-state index in [9.17, 15) is 0 Å². The lowest BCUT2D eigenvalue weighted by Gasteiger charge is -2.28. The van der Waals surface area contributed by atoms with Gasteiger partial charge in [0.2, 0.25) is 0 Å². The maximum atomic E-state index is 6.17. The van der Waals surface area contributed by atoms with Crippen LogP contribution >= 0.6 is 11.6 Å². The van der Waals surface area contributed by atoms with E-state index in [0.717, 1.165) is 49.2 Å². The number of aromatic nitrogens is 2. The van der Waals surface area contributed by atoms with Gasteiger partial charge in [0, 0.05) is 30.2 Å². The first kappa shape index (κ1) is 16.8. The van der Waals surface area contributed by atoms with Crippen LogP contribution in [0.25, 0.3) is 0 Å². The van der Waals surface area contributed by atoms with Crippen LogP contribution in [-0.2, 0) is 4.74 Å². The summed E-state index contributed by atoms with van der Waals surface area (Å²) in [4.78, 5) is 11.2. The Morgan fingerprint density at radius 2 is 1.92 bits per heavy atom. The SMILES string of the molecule is COc1cc(Cl)c(C)cc1Nc1cc(N2CCOCC2)nc(C)n1. The molecule has 1 fully saturated rings. The molecule has 1 aromatic carbocycles. The van der Waals surface area contributed by atoms with Gasteiger partial charge in [-0.3, -0.25) is 0 Å². The van der Waals surface area contributed by atoms with E-state index in [0.29, 0.717) is 16.6 Å². The predicted octanol–water partition coefficient (Wildman–Crippen LogP) is 3.34.